The maximum atomic E-state index is 13.4. The lowest BCUT2D eigenvalue weighted by Gasteiger charge is -2.18. The van der Waals surface area contributed by atoms with Gasteiger partial charge < -0.3 is 4.57 Å². The molecular weight excluding hydrogens is 450 g/mol. The highest BCUT2D eigenvalue weighted by molar-refractivity contribution is 7.07. The number of hydrogen-bond acceptors (Lipinski definition) is 5. The molecule has 4 rings (SSSR count). The Labute approximate surface area is 201 Å². The molecule has 0 aliphatic rings. The van der Waals surface area contributed by atoms with Crippen LogP contribution in [0.15, 0.2) is 69.8 Å². The summed E-state index contributed by atoms with van der Waals surface area (Å²) in [7, 11) is 1.85. The Hall–Kier alpha value is -3.72. The van der Waals surface area contributed by atoms with Crippen LogP contribution in [-0.4, -0.2) is 18.9 Å². The number of thiazole rings is 1. The summed E-state index contributed by atoms with van der Waals surface area (Å²) in [6, 6.07) is 16.3. The Balaban J connectivity index is 1.95. The van der Waals surface area contributed by atoms with Crippen molar-refractivity contribution < 1.29 is 4.92 Å². The topological polar surface area (TPSA) is 87.4 Å². The Bertz CT molecular complexity index is 1460. The third-order valence-corrected chi connectivity index (χ3v) is 6.97. The average Bonchev–Trinajstić information content (AvgIpc) is 3.35. The van der Waals surface area contributed by atoms with E-state index in [0.29, 0.717) is 10.5 Å². The monoisotopic (exact) mass is 477 g/mol. The van der Waals surface area contributed by atoms with Crippen molar-refractivity contribution in [3.8, 4) is 16.9 Å². The fourth-order valence-electron chi connectivity index (χ4n) is 4.18. The van der Waals surface area contributed by atoms with Gasteiger partial charge in [-0.3, -0.25) is 19.6 Å². The Morgan fingerprint density at radius 3 is 2.44 bits per heavy atom. The van der Waals surface area contributed by atoms with Crippen molar-refractivity contribution >= 4 is 22.7 Å². The highest BCUT2D eigenvalue weighted by Gasteiger charge is 2.20. The largest absolute Gasteiger partial charge is 0.313 e. The average molecular weight is 478 g/mol. The molecule has 0 unspecified atom stereocenters. The lowest BCUT2D eigenvalue weighted by molar-refractivity contribution is -0.384. The van der Waals surface area contributed by atoms with Crippen LogP contribution in [0.25, 0.3) is 16.9 Å². The highest BCUT2D eigenvalue weighted by atomic mass is 32.1. The van der Waals surface area contributed by atoms with E-state index in [1.54, 1.807) is 16.8 Å². The van der Waals surface area contributed by atoms with Gasteiger partial charge in [0.1, 0.15) is 0 Å². The molecule has 0 aliphatic carbocycles. The van der Waals surface area contributed by atoms with E-state index in [-0.39, 0.29) is 22.2 Å². The van der Waals surface area contributed by atoms with Gasteiger partial charge in [0.2, 0.25) is 0 Å². The first-order valence-corrected chi connectivity index (χ1v) is 12.1. The molecule has 2 heterocycles. The first kappa shape index (κ1) is 23.4. The third kappa shape index (κ3) is 4.14. The summed E-state index contributed by atoms with van der Waals surface area (Å²) in [6.45, 7) is 6.10. The van der Waals surface area contributed by atoms with Crippen LogP contribution in [0.3, 0.4) is 0 Å². The first-order valence-electron chi connectivity index (χ1n) is 11.2. The van der Waals surface area contributed by atoms with Crippen molar-refractivity contribution in [3.05, 3.63) is 90.9 Å². The predicted octanol–water partition coefficient (Wildman–Crippen LogP) is 5.52. The molecule has 9 heteroatoms. The lowest BCUT2D eigenvalue weighted by Crippen LogP contribution is -2.22. The molecule has 0 aliphatic heterocycles. The number of hydrogen-bond donors (Lipinski definition) is 0. The summed E-state index contributed by atoms with van der Waals surface area (Å²) in [5.41, 5.74) is 3.39. The van der Waals surface area contributed by atoms with E-state index in [9.17, 15) is 14.9 Å². The summed E-state index contributed by atoms with van der Waals surface area (Å²) in [5.74, 6) is 0. The van der Waals surface area contributed by atoms with Crippen LogP contribution in [-0.2, 0) is 7.05 Å². The number of nitro benzene ring substituents is 1. The maximum absolute atomic E-state index is 13.4. The van der Waals surface area contributed by atoms with Crippen LogP contribution < -0.4 is 10.4 Å². The van der Waals surface area contributed by atoms with E-state index in [4.69, 9.17) is 4.99 Å². The maximum Gasteiger partial charge on any atom is 0.297 e. The fourth-order valence-corrected chi connectivity index (χ4v) is 5.15. The van der Waals surface area contributed by atoms with E-state index in [0.717, 1.165) is 35.5 Å². The molecule has 0 bridgehead atoms. The summed E-state index contributed by atoms with van der Waals surface area (Å²) in [5, 5.41) is 13.3. The molecule has 2 aromatic carbocycles. The van der Waals surface area contributed by atoms with Crippen molar-refractivity contribution in [2.75, 3.05) is 0 Å². The predicted molar refractivity (Wildman–Crippen MR) is 135 cm³/mol. The minimum absolute atomic E-state index is 0.0444. The van der Waals surface area contributed by atoms with Crippen molar-refractivity contribution in [2.45, 2.75) is 39.7 Å². The van der Waals surface area contributed by atoms with Crippen LogP contribution >= 0.6 is 11.3 Å². The van der Waals surface area contributed by atoms with Crippen LogP contribution in [0.2, 0.25) is 0 Å². The number of nitro groups is 1. The Morgan fingerprint density at radius 1 is 1.09 bits per heavy atom. The molecule has 0 radical (unpaired) electrons. The number of rotatable bonds is 7. The van der Waals surface area contributed by atoms with Gasteiger partial charge in [0.15, 0.2) is 10.5 Å². The molecule has 0 saturated carbocycles. The second kappa shape index (κ2) is 9.64. The van der Waals surface area contributed by atoms with Gasteiger partial charge in [-0.15, -0.1) is 11.3 Å². The minimum Gasteiger partial charge on any atom is -0.313 e. The molecule has 8 nitrogen and oxygen atoms in total. The summed E-state index contributed by atoms with van der Waals surface area (Å²) < 4.78 is 5.54. The van der Waals surface area contributed by atoms with Gasteiger partial charge in [-0.2, -0.15) is 0 Å². The zero-order valence-corrected chi connectivity index (χ0v) is 20.5. The Morgan fingerprint density at radius 2 is 1.79 bits per heavy atom. The van der Waals surface area contributed by atoms with Gasteiger partial charge in [0, 0.05) is 36.2 Å². The number of para-hydroxylation sites is 1. The molecule has 176 valence electrons. The van der Waals surface area contributed by atoms with E-state index >= 15 is 0 Å². The summed E-state index contributed by atoms with van der Waals surface area (Å²) in [6.07, 6.45) is 1.73. The highest BCUT2D eigenvalue weighted by Crippen LogP contribution is 2.29. The van der Waals surface area contributed by atoms with E-state index < -0.39 is 0 Å². The first-order chi connectivity index (χ1) is 16.4. The van der Waals surface area contributed by atoms with Gasteiger partial charge in [-0.1, -0.05) is 44.2 Å². The van der Waals surface area contributed by atoms with Crippen molar-refractivity contribution in [2.24, 2.45) is 12.0 Å². The zero-order valence-electron chi connectivity index (χ0n) is 19.6. The normalized spacial score (nSPS) is 12.0. The SMILES string of the molecule is CCC(CC)n1c(-c2cccc([N+](=O)[O-])c2)csc1=Nc1c(C)n(C)n(-c2ccccc2)c1=O. The van der Waals surface area contributed by atoms with Crippen LogP contribution in [0.5, 0.6) is 0 Å². The van der Waals surface area contributed by atoms with Crippen LogP contribution in [0.1, 0.15) is 38.4 Å². The Kier molecular flexibility index (Phi) is 6.65. The number of nitrogens with zero attached hydrogens (tertiary/aromatic N) is 5. The molecule has 34 heavy (non-hydrogen) atoms. The number of benzene rings is 2. The quantitative estimate of drug-likeness (QED) is 0.259. The molecule has 0 N–H and O–H groups in total. The van der Waals surface area contributed by atoms with E-state index in [2.05, 4.69) is 18.4 Å². The second-order valence-electron chi connectivity index (χ2n) is 8.07. The minimum atomic E-state index is -0.387. The smallest absolute Gasteiger partial charge is 0.297 e. The molecule has 2 aromatic heterocycles. The van der Waals surface area contributed by atoms with Gasteiger partial charge in [0.25, 0.3) is 11.2 Å². The van der Waals surface area contributed by atoms with Crippen molar-refractivity contribution in [1.29, 1.82) is 0 Å². The molecule has 0 saturated heterocycles. The van der Waals surface area contributed by atoms with Crippen molar-refractivity contribution in [1.82, 2.24) is 13.9 Å². The molecular formula is C25H27N5O3S. The molecule has 0 amide bonds. The zero-order chi connectivity index (χ0) is 24.4. The van der Waals surface area contributed by atoms with E-state index in [1.165, 1.54) is 17.4 Å². The summed E-state index contributed by atoms with van der Waals surface area (Å²) in [4.78, 5) is 29.9. The molecule has 0 spiro atoms. The van der Waals surface area contributed by atoms with Gasteiger partial charge >= 0.3 is 0 Å². The van der Waals surface area contributed by atoms with Gasteiger partial charge in [-0.25, -0.2) is 9.67 Å². The molecule has 0 fully saturated rings. The van der Waals surface area contributed by atoms with E-state index in [1.807, 2.05) is 60.4 Å². The van der Waals surface area contributed by atoms with Gasteiger partial charge in [0.05, 0.1) is 22.0 Å². The lowest BCUT2D eigenvalue weighted by atomic mass is 10.1. The van der Waals surface area contributed by atoms with Crippen LogP contribution in [0, 0.1) is 17.0 Å². The molecule has 4 aromatic rings. The number of aromatic nitrogens is 3. The summed E-state index contributed by atoms with van der Waals surface area (Å²) >= 11 is 1.44. The molecule has 0 atom stereocenters. The van der Waals surface area contributed by atoms with Gasteiger partial charge in [-0.05, 0) is 31.9 Å². The van der Waals surface area contributed by atoms with Crippen LogP contribution in [0.4, 0.5) is 11.4 Å². The second-order valence-corrected chi connectivity index (χ2v) is 8.91. The number of non-ortho nitro benzene ring substituents is 1. The third-order valence-electron chi connectivity index (χ3n) is 6.13. The fraction of sp³-hybridized carbons (Fsp3) is 0.280. The van der Waals surface area contributed by atoms with Crippen molar-refractivity contribution in [3.63, 3.8) is 0 Å². The standard InChI is InChI=1S/C25H27N5O3S/c1-5-19(6-2)28-22(18-11-10-14-21(15-18)30(32)33)16-34-25(28)26-23-17(3)27(4)29(24(23)31)20-12-8-7-9-13-20/h7-16,19H,5-6H2,1-4H3.